The van der Waals surface area contributed by atoms with Crippen LogP contribution in [0.3, 0.4) is 0 Å². The van der Waals surface area contributed by atoms with E-state index in [0.29, 0.717) is 0 Å². The van der Waals surface area contributed by atoms with Crippen LogP contribution in [0.1, 0.15) is 19.3 Å². The van der Waals surface area contributed by atoms with Gasteiger partial charge in [0.2, 0.25) is 0 Å². The lowest BCUT2D eigenvalue weighted by Gasteiger charge is -2.17. The second-order valence-corrected chi connectivity index (χ2v) is 3.68. The lowest BCUT2D eigenvalue weighted by molar-refractivity contribution is -0.132. The summed E-state index contributed by atoms with van der Waals surface area (Å²) in [6, 6.07) is 0. The Bertz CT molecular complexity index is 199. The third-order valence-corrected chi connectivity index (χ3v) is 2.79. The molecule has 2 atom stereocenters. The molecule has 1 saturated carbocycles. The lowest BCUT2D eigenvalue weighted by Crippen LogP contribution is -2.35. The maximum absolute atomic E-state index is 11.8. The molecule has 0 aromatic carbocycles. The Hall–Kier alpha value is -0.710. The van der Waals surface area contributed by atoms with E-state index >= 15 is 0 Å². The van der Waals surface area contributed by atoms with Crippen molar-refractivity contribution in [3.63, 3.8) is 0 Å². The normalized spacial score (nSPS) is 26.9. The number of carbonyl (C=O) groups is 1. The molecular formula is C9H15F2NO2. The van der Waals surface area contributed by atoms with Gasteiger partial charge in [-0.3, -0.25) is 4.79 Å². The van der Waals surface area contributed by atoms with E-state index in [1.165, 1.54) is 0 Å². The molecule has 0 radical (unpaired) electrons. The fraction of sp³-hybridized carbons (Fsp3) is 0.889. The average Bonchev–Trinajstić information content (AvgIpc) is 2.60. The highest BCUT2D eigenvalue weighted by molar-refractivity contribution is 5.79. The minimum absolute atomic E-state index is 0.0786. The van der Waals surface area contributed by atoms with Gasteiger partial charge in [0.25, 0.3) is 5.91 Å². The number of aliphatic hydroxyl groups is 1. The highest BCUT2D eigenvalue weighted by Crippen LogP contribution is 2.30. The van der Waals surface area contributed by atoms with Gasteiger partial charge in [-0.2, -0.15) is 8.78 Å². The molecule has 0 aromatic rings. The molecule has 82 valence electrons. The zero-order chi connectivity index (χ0) is 10.6. The van der Waals surface area contributed by atoms with E-state index in [2.05, 4.69) is 5.32 Å². The molecule has 0 bridgehead atoms. The van der Waals surface area contributed by atoms with Crippen LogP contribution < -0.4 is 5.32 Å². The summed E-state index contributed by atoms with van der Waals surface area (Å²) in [6.07, 6.45) is -0.120. The second-order valence-electron chi connectivity index (χ2n) is 3.68. The molecule has 0 heterocycles. The van der Waals surface area contributed by atoms with Crippen molar-refractivity contribution in [2.24, 2.45) is 11.8 Å². The molecule has 5 heteroatoms. The van der Waals surface area contributed by atoms with E-state index in [1.54, 1.807) is 0 Å². The molecule has 1 aliphatic rings. The number of hydrogen-bond acceptors (Lipinski definition) is 2. The zero-order valence-corrected chi connectivity index (χ0v) is 7.88. The van der Waals surface area contributed by atoms with Crippen molar-refractivity contribution in [1.29, 1.82) is 0 Å². The average molecular weight is 207 g/mol. The van der Waals surface area contributed by atoms with E-state index in [-0.39, 0.29) is 25.0 Å². The van der Waals surface area contributed by atoms with Crippen molar-refractivity contribution >= 4 is 5.91 Å². The highest BCUT2D eigenvalue weighted by Gasteiger charge is 2.27. The zero-order valence-electron chi connectivity index (χ0n) is 7.88. The molecule has 2 N–H and O–H groups in total. The van der Waals surface area contributed by atoms with Crippen LogP contribution in [-0.2, 0) is 4.79 Å². The minimum atomic E-state index is -2.94. The van der Waals surface area contributed by atoms with Gasteiger partial charge < -0.3 is 10.4 Å². The van der Waals surface area contributed by atoms with Gasteiger partial charge in [0.1, 0.15) is 0 Å². The van der Waals surface area contributed by atoms with Crippen molar-refractivity contribution in [1.82, 2.24) is 5.32 Å². The number of halogens is 2. The first-order valence-corrected chi connectivity index (χ1v) is 4.82. The number of carbonyl (C=O) groups excluding carboxylic acids is 1. The predicted octanol–water partition coefficient (Wildman–Crippen LogP) is 0.776. The van der Waals surface area contributed by atoms with Crippen molar-refractivity contribution in [2.75, 3.05) is 13.2 Å². The summed E-state index contributed by atoms with van der Waals surface area (Å²) in [7, 11) is 0. The third kappa shape index (κ3) is 2.90. The van der Waals surface area contributed by atoms with Crippen LogP contribution in [0.25, 0.3) is 0 Å². The molecule has 0 aliphatic heterocycles. The Morgan fingerprint density at radius 3 is 2.64 bits per heavy atom. The number of nitrogens with one attached hydrogen (secondary N) is 1. The number of hydrogen-bond donors (Lipinski definition) is 2. The molecule has 3 nitrogen and oxygen atoms in total. The molecule has 1 rings (SSSR count). The monoisotopic (exact) mass is 207 g/mol. The third-order valence-electron chi connectivity index (χ3n) is 2.79. The van der Waals surface area contributed by atoms with Crippen molar-refractivity contribution in [2.45, 2.75) is 25.7 Å². The largest absolute Gasteiger partial charge is 0.396 e. The molecule has 1 aliphatic carbocycles. The van der Waals surface area contributed by atoms with Gasteiger partial charge in [-0.25, -0.2) is 0 Å². The minimum Gasteiger partial charge on any atom is -0.396 e. The SMILES string of the molecule is O=C(NCC1CCCC1CO)C(F)F. The number of amides is 1. The van der Waals surface area contributed by atoms with Gasteiger partial charge in [0.15, 0.2) is 0 Å². The first-order chi connectivity index (χ1) is 6.65. The molecule has 2 unspecified atom stereocenters. The maximum Gasteiger partial charge on any atom is 0.315 e. The van der Waals surface area contributed by atoms with Gasteiger partial charge in [0, 0.05) is 13.2 Å². The van der Waals surface area contributed by atoms with Crippen LogP contribution in [-0.4, -0.2) is 30.6 Å². The van der Waals surface area contributed by atoms with E-state index in [0.717, 1.165) is 19.3 Å². The Labute approximate surface area is 81.5 Å². The first kappa shape index (κ1) is 11.4. The van der Waals surface area contributed by atoms with Crippen molar-refractivity contribution in [3.05, 3.63) is 0 Å². The second kappa shape index (κ2) is 5.24. The van der Waals surface area contributed by atoms with Crippen LogP contribution in [0, 0.1) is 11.8 Å². The molecule has 0 spiro atoms. The van der Waals surface area contributed by atoms with E-state index in [4.69, 9.17) is 5.11 Å². The van der Waals surface area contributed by atoms with Crippen LogP contribution in [0.4, 0.5) is 8.78 Å². The van der Waals surface area contributed by atoms with Crippen LogP contribution in [0.5, 0.6) is 0 Å². The number of aliphatic hydroxyl groups excluding tert-OH is 1. The van der Waals surface area contributed by atoms with E-state index in [9.17, 15) is 13.6 Å². The molecule has 1 fully saturated rings. The van der Waals surface area contributed by atoms with Gasteiger partial charge in [-0.1, -0.05) is 6.42 Å². The summed E-state index contributed by atoms with van der Waals surface area (Å²) in [5, 5.41) is 11.1. The summed E-state index contributed by atoms with van der Waals surface area (Å²) < 4.78 is 23.6. The van der Waals surface area contributed by atoms with Gasteiger partial charge in [-0.05, 0) is 24.7 Å². The van der Waals surface area contributed by atoms with E-state index < -0.39 is 12.3 Å². The standard InChI is InChI=1S/C9H15F2NO2/c10-8(11)9(14)12-4-6-2-1-3-7(6)5-13/h6-8,13H,1-5H2,(H,12,14). The Morgan fingerprint density at radius 1 is 1.43 bits per heavy atom. The lowest BCUT2D eigenvalue weighted by atomic mass is 9.97. The summed E-state index contributed by atoms with van der Waals surface area (Å²) >= 11 is 0. The molecule has 1 amide bonds. The van der Waals surface area contributed by atoms with Gasteiger partial charge in [-0.15, -0.1) is 0 Å². The Balaban J connectivity index is 2.27. The van der Waals surface area contributed by atoms with Crippen LogP contribution in [0.2, 0.25) is 0 Å². The van der Waals surface area contributed by atoms with Crippen LogP contribution in [0.15, 0.2) is 0 Å². The first-order valence-electron chi connectivity index (χ1n) is 4.82. The van der Waals surface area contributed by atoms with E-state index in [1.807, 2.05) is 0 Å². The molecule has 0 saturated heterocycles. The van der Waals surface area contributed by atoms with Crippen molar-refractivity contribution in [3.8, 4) is 0 Å². The fourth-order valence-electron chi connectivity index (χ4n) is 1.93. The van der Waals surface area contributed by atoms with Crippen molar-refractivity contribution < 1.29 is 18.7 Å². The Morgan fingerprint density at radius 2 is 2.07 bits per heavy atom. The number of alkyl halides is 2. The molecule has 0 aromatic heterocycles. The summed E-state index contributed by atoms with van der Waals surface area (Å²) in [6.45, 7) is 0.337. The summed E-state index contributed by atoms with van der Waals surface area (Å²) in [5.41, 5.74) is 0. The topological polar surface area (TPSA) is 49.3 Å². The quantitative estimate of drug-likeness (QED) is 0.715. The molecular weight excluding hydrogens is 192 g/mol. The van der Waals surface area contributed by atoms with Gasteiger partial charge in [0.05, 0.1) is 0 Å². The predicted molar refractivity (Wildman–Crippen MR) is 46.9 cm³/mol. The van der Waals surface area contributed by atoms with Gasteiger partial charge >= 0.3 is 6.43 Å². The van der Waals surface area contributed by atoms with Crippen LogP contribution >= 0.6 is 0 Å². The smallest absolute Gasteiger partial charge is 0.315 e. The Kier molecular flexibility index (Phi) is 4.25. The number of rotatable bonds is 4. The maximum atomic E-state index is 11.8. The fourth-order valence-corrected chi connectivity index (χ4v) is 1.93. The highest BCUT2D eigenvalue weighted by atomic mass is 19.3. The summed E-state index contributed by atoms with van der Waals surface area (Å²) in [5.74, 6) is -0.899. The molecule has 14 heavy (non-hydrogen) atoms. The summed E-state index contributed by atoms with van der Waals surface area (Å²) in [4.78, 5) is 10.6.